The minimum atomic E-state index is -0.345. The van der Waals surface area contributed by atoms with Crippen molar-refractivity contribution in [2.45, 2.75) is 31.9 Å². The van der Waals surface area contributed by atoms with E-state index >= 15 is 0 Å². The molecular weight excluding hydrogens is 245 g/mol. The van der Waals surface area contributed by atoms with Crippen LogP contribution >= 0.6 is 0 Å². The van der Waals surface area contributed by atoms with Crippen LogP contribution in [0.25, 0.3) is 0 Å². The van der Waals surface area contributed by atoms with E-state index in [4.69, 9.17) is 5.73 Å². The Balaban J connectivity index is 1.91. The van der Waals surface area contributed by atoms with Gasteiger partial charge < -0.3 is 15.7 Å². The van der Waals surface area contributed by atoms with Gasteiger partial charge in [-0.05, 0) is 37.4 Å². The fraction of sp³-hybridized carbons (Fsp3) is 0.643. The number of β-amino-alcohol motifs (C(OH)–C–C–N with tert-alkyl or cyclic N) is 1. The van der Waals surface area contributed by atoms with Gasteiger partial charge in [-0.3, -0.25) is 4.98 Å². The van der Waals surface area contributed by atoms with E-state index in [-0.39, 0.29) is 23.9 Å². The van der Waals surface area contributed by atoms with Gasteiger partial charge >= 0.3 is 0 Å². The summed E-state index contributed by atoms with van der Waals surface area (Å²) in [4.78, 5) is 6.28. The Morgan fingerprint density at radius 2 is 2.37 bits per heavy atom. The van der Waals surface area contributed by atoms with Crippen molar-refractivity contribution in [2.75, 3.05) is 19.6 Å². The molecule has 3 unspecified atom stereocenters. The van der Waals surface area contributed by atoms with Gasteiger partial charge in [0, 0.05) is 13.1 Å². The largest absolute Gasteiger partial charge is 0.392 e. The maximum Gasteiger partial charge on any atom is 0.141 e. The molecule has 0 saturated carbocycles. The highest BCUT2D eigenvalue weighted by atomic mass is 19.1. The molecule has 2 rings (SSSR count). The van der Waals surface area contributed by atoms with Crippen LogP contribution in [0.15, 0.2) is 18.3 Å². The fourth-order valence-electron chi connectivity index (χ4n) is 2.59. The smallest absolute Gasteiger partial charge is 0.141 e. The molecule has 3 atom stereocenters. The zero-order chi connectivity index (χ0) is 13.8. The number of aliphatic hydroxyl groups is 1. The van der Waals surface area contributed by atoms with Crippen molar-refractivity contribution in [3.63, 3.8) is 0 Å². The van der Waals surface area contributed by atoms with E-state index in [0.717, 1.165) is 25.9 Å². The summed E-state index contributed by atoms with van der Waals surface area (Å²) >= 11 is 0. The third kappa shape index (κ3) is 3.96. The minimum absolute atomic E-state index is 0.209. The van der Waals surface area contributed by atoms with Crippen LogP contribution in [0.1, 0.15) is 31.5 Å². The second-order valence-corrected chi connectivity index (χ2v) is 5.46. The van der Waals surface area contributed by atoms with Gasteiger partial charge in [0.05, 0.1) is 24.0 Å². The predicted molar refractivity (Wildman–Crippen MR) is 72.0 cm³/mol. The fourth-order valence-corrected chi connectivity index (χ4v) is 2.59. The summed E-state index contributed by atoms with van der Waals surface area (Å²) in [5.41, 5.74) is 6.88. The quantitative estimate of drug-likeness (QED) is 0.863. The van der Waals surface area contributed by atoms with Gasteiger partial charge in [0.1, 0.15) is 5.82 Å². The highest BCUT2D eigenvalue weighted by Crippen LogP contribution is 2.20. The molecule has 1 aliphatic rings. The van der Waals surface area contributed by atoms with Crippen molar-refractivity contribution in [1.29, 1.82) is 0 Å². The highest BCUT2D eigenvalue weighted by Gasteiger charge is 2.23. The molecule has 1 saturated heterocycles. The maximum absolute atomic E-state index is 12.8. The first-order valence-electron chi connectivity index (χ1n) is 6.83. The van der Waals surface area contributed by atoms with Crippen molar-refractivity contribution in [1.82, 2.24) is 9.88 Å². The lowest BCUT2D eigenvalue weighted by Gasteiger charge is -2.33. The van der Waals surface area contributed by atoms with Crippen molar-refractivity contribution in [3.8, 4) is 0 Å². The lowest BCUT2D eigenvalue weighted by atomic mass is 9.97. The molecule has 4 nitrogen and oxygen atoms in total. The van der Waals surface area contributed by atoms with Crippen LogP contribution in [0.4, 0.5) is 4.39 Å². The first kappa shape index (κ1) is 14.4. The third-order valence-corrected chi connectivity index (χ3v) is 3.73. The number of nitrogens with zero attached hydrogens (tertiary/aromatic N) is 2. The molecule has 5 heteroatoms. The zero-order valence-corrected chi connectivity index (χ0v) is 11.3. The molecule has 0 bridgehead atoms. The third-order valence-electron chi connectivity index (χ3n) is 3.73. The Bertz CT molecular complexity index is 398. The summed E-state index contributed by atoms with van der Waals surface area (Å²) in [6, 6.07) is 2.82. The molecule has 0 radical (unpaired) electrons. The van der Waals surface area contributed by atoms with Crippen molar-refractivity contribution in [3.05, 3.63) is 29.8 Å². The number of aromatic nitrogens is 1. The molecule has 1 aliphatic heterocycles. The number of pyridine rings is 1. The SMILES string of the molecule is CC(CN1CCCC(O)C1)C(N)c1ccc(F)cn1. The lowest BCUT2D eigenvalue weighted by molar-refractivity contribution is 0.0611. The van der Waals surface area contributed by atoms with E-state index in [9.17, 15) is 9.50 Å². The number of rotatable bonds is 4. The van der Waals surface area contributed by atoms with Gasteiger partial charge in [0.25, 0.3) is 0 Å². The summed E-state index contributed by atoms with van der Waals surface area (Å²) in [5.74, 6) is -0.133. The van der Waals surface area contributed by atoms with Crippen molar-refractivity contribution < 1.29 is 9.50 Å². The molecule has 1 fully saturated rings. The number of nitrogens with two attached hydrogens (primary N) is 1. The summed E-state index contributed by atoms with van der Waals surface area (Å²) in [6.45, 7) is 4.62. The summed E-state index contributed by atoms with van der Waals surface area (Å²) in [5, 5.41) is 9.65. The molecule has 0 spiro atoms. The number of halogens is 1. The summed E-state index contributed by atoms with van der Waals surface area (Å²) < 4.78 is 12.8. The Kier molecular flexibility index (Phi) is 4.85. The number of aliphatic hydroxyl groups excluding tert-OH is 1. The van der Waals surface area contributed by atoms with Crippen LogP contribution in [0, 0.1) is 11.7 Å². The number of likely N-dealkylation sites (tertiary alicyclic amines) is 1. The molecule has 1 aromatic rings. The maximum atomic E-state index is 12.8. The molecule has 106 valence electrons. The van der Waals surface area contributed by atoms with E-state index in [1.807, 2.05) is 0 Å². The Labute approximate surface area is 113 Å². The second kappa shape index (κ2) is 6.41. The number of hydrogen-bond donors (Lipinski definition) is 2. The van der Waals surface area contributed by atoms with E-state index in [1.165, 1.54) is 12.3 Å². The summed E-state index contributed by atoms with van der Waals surface area (Å²) in [6.07, 6.45) is 2.89. The lowest BCUT2D eigenvalue weighted by Crippen LogP contribution is -2.42. The second-order valence-electron chi connectivity index (χ2n) is 5.46. The number of piperidine rings is 1. The molecule has 19 heavy (non-hydrogen) atoms. The molecule has 0 aliphatic carbocycles. The van der Waals surface area contributed by atoms with Gasteiger partial charge in [-0.2, -0.15) is 0 Å². The van der Waals surface area contributed by atoms with E-state index in [0.29, 0.717) is 12.2 Å². The molecule has 1 aromatic heterocycles. The van der Waals surface area contributed by atoms with E-state index in [2.05, 4.69) is 16.8 Å². The first-order valence-corrected chi connectivity index (χ1v) is 6.83. The zero-order valence-electron chi connectivity index (χ0n) is 11.3. The topological polar surface area (TPSA) is 62.4 Å². The Hall–Kier alpha value is -1.04. The normalized spacial score (nSPS) is 24.1. The van der Waals surface area contributed by atoms with Crippen LogP contribution in [0.5, 0.6) is 0 Å². The van der Waals surface area contributed by atoms with Crippen molar-refractivity contribution >= 4 is 0 Å². The Morgan fingerprint density at radius 1 is 1.58 bits per heavy atom. The molecule has 0 amide bonds. The Morgan fingerprint density at radius 3 is 3.00 bits per heavy atom. The molecule has 0 aromatic carbocycles. The van der Waals surface area contributed by atoms with Gasteiger partial charge in [0.2, 0.25) is 0 Å². The standard InChI is InChI=1S/C14H22FN3O/c1-10(8-18-6-2-3-12(19)9-18)14(16)13-5-4-11(15)7-17-13/h4-5,7,10,12,14,19H,2-3,6,8-9,16H2,1H3. The van der Waals surface area contributed by atoms with Crippen molar-refractivity contribution in [2.24, 2.45) is 11.7 Å². The van der Waals surface area contributed by atoms with Crippen LogP contribution in [-0.4, -0.2) is 40.7 Å². The van der Waals surface area contributed by atoms with E-state index in [1.54, 1.807) is 6.07 Å². The monoisotopic (exact) mass is 267 g/mol. The van der Waals surface area contributed by atoms with Crippen LogP contribution in [-0.2, 0) is 0 Å². The van der Waals surface area contributed by atoms with Gasteiger partial charge in [-0.15, -0.1) is 0 Å². The predicted octanol–water partition coefficient (Wildman–Crippen LogP) is 1.31. The number of hydrogen-bond acceptors (Lipinski definition) is 4. The highest BCUT2D eigenvalue weighted by molar-refractivity contribution is 5.10. The molecule has 3 N–H and O–H groups in total. The van der Waals surface area contributed by atoms with Crippen LogP contribution < -0.4 is 5.73 Å². The first-order chi connectivity index (χ1) is 9.06. The van der Waals surface area contributed by atoms with Gasteiger partial charge in [-0.25, -0.2) is 4.39 Å². The van der Waals surface area contributed by atoms with Gasteiger partial charge in [0.15, 0.2) is 0 Å². The van der Waals surface area contributed by atoms with Crippen LogP contribution in [0.2, 0.25) is 0 Å². The summed E-state index contributed by atoms with van der Waals surface area (Å²) in [7, 11) is 0. The molecular formula is C14H22FN3O. The minimum Gasteiger partial charge on any atom is -0.392 e. The van der Waals surface area contributed by atoms with E-state index < -0.39 is 0 Å². The average molecular weight is 267 g/mol. The average Bonchev–Trinajstić information content (AvgIpc) is 2.39. The van der Waals surface area contributed by atoms with Crippen LogP contribution in [0.3, 0.4) is 0 Å². The molecule has 2 heterocycles. The van der Waals surface area contributed by atoms with Gasteiger partial charge in [-0.1, -0.05) is 6.92 Å².